The van der Waals surface area contributed by atoms with Crippen LogP contribution < -0.4 is 14.8 Å². The van der Waals surface area contributed by atoms with Crippen molar-refractivity contribution in [2.75, 3.05) is 38.4 Å². The van der Waals surface area contributed by atoms with E-state index in [2.05, 4.69) is 33.1 Å². The largest absolute Gasteiger partial charge is 0.454 e. The molecule has 0 radical (unpaired) electrons. The van der Waals surface area contributed by atoms with Crippen LogP contribution in [0.25, 0.3) is 20.7 Å². The summed E-state index contributed by atoms with van der Waals surface area (Å²) in [5, 5.41) is 8.85. The summed E-state index contributed by atoms with van der Waals surface area (Å²) in [5.74, 6) is 3.14. The molecule has 158 valence electrons. The second kappa shape index (κ2) is 8.08. The monoisotopic (exact) mass is 452 g/mol. The van der Waals surface area contributed by atoms with E-state index in [-0.39, 0.29) is 6.79 Å². The third kappa shape index (κ3) is 3.74. The van der Waals surface area contributed by atoms with Gasteiger partial charge >= 0.3 is 0 Å². The maximum Gasteiger partial charge on any atom is 0.231 e. The van der Waals surface area contributed by atoms with Crippen LogP contribution >= 0.6 is 22.7 Å². The number of nitrogens with one attached hydrogen (secondary N) is 1. The van der Waals surface area contributed by atoms with E-state index < -0.39 is 0 Å². The van der Waals surface area contributed by atoms with Crippen LogP contribution in [0.15, 0.2) is 41.1 Å². The van der Waals surface area contributed by atoms with Crippen molar-refractivity contribution in [1.82, 2.24) is 14.9 Å². The standard InChI is InChI=1S/C22H20N4O3S2/c1-2-18(30-9-1)15-12-31-22-20(15)21(23-14-3-4-16-17(10-14)29-13-28-16)24-19(25-22)11-26-5-7-27-8-6-26/h1-4,9-10,12H,5-8,11,13H2,(H,23,24,25). The first kappa shape index (κ1) is 19.0. The molecule has 1 fully saturated rings. The molecule has 9 heteroatoms. The number of anilines is 2. The number of ether oxygens (including phenoxy) is 3. The summed E-state index contributed by atoms with van der Waals surface area (Å²) in [6.07, 6.45) is 0. The molecule has 2 aliphatic heterocycles. The Hall–Kier alpha value is -2.72. The van der Waals surface area contributed by atoms with Crippen LogP contribution in [0, 0.1) is 0 Å². The Morgan fingerprint density at radius 3 is 2.81 bits per heavy atom. The van der Waals surface area contributed by atoms with Gasteiger partial charge in [-0.2, -0.15) is 0 Å². The molecule has 5 heterocycles. The van der Waals surface area contributed by atoms with Crippen LogP contribution in [0.5, 0.6) is 11.5 Å². The number of hydrogen-bond acceptors (Lipinski definition) is 9. The lowest BCUT2D eigenvalue weighted by atomic mass is 10.2. The van der Waals surface area contributed by atoms with E-state index in [1.807, 2.05) is 18.2 Å². The van der Waals surface area contributed by atoms with Crippen molar-refractivity contribution in [2.45, 2.75) is 6.54 Å². The highest BCUT2D eigenvalue weighted by molar-refractivity contribution is 7.18. The van der Waals surface area contributed by atoms with Gasteiger partial charge in [0.1, 0.15) is 16.5 Å². The number of thiophene rings is 2. The molecule has 7 nitrogen and oxygen atoms in total. The van der Waals surface area contributed by atoms with Gasteiger partial charge in [0.15, 0.2) is 11.5 Å². The predicted molar refractivity (Wildman–Crippen MR) is 123 cm³/mol. The van der Waals surface area contributed by atoms with Crippen molar-refractivity contribution >= 4 is 44.4 Å². The van der Waals surface area contributed by atoms with Crippen LogP contribution in [0.3, 0.4) is 0 Å². The van der Waals surface area contributed by atoms with Crippen LogP contribution in [-0.2, 0) is 11.3 Å². The van der Waals surface area contributed by atoms with E-state index in [1.54, 1.807) is 22.7 Å². The molecular weight excluding hydrogens is 432 g/mol. The molecule has 0 spiro atoms. The molecule has 1 aromatic carbocycles. The number of nitrogens with zero attached hydrogens (tertiary/aromatic N) is 3. The Labute approximate surface area is 187 Å². The third-order valence-electron chi connectivity index (χ3n) is 5.37. The van der Waals surface area contributed by atoms with Gasteiger partial charge in [0.25, 0.3) is 0 Å². The summed E-state index contributed by atoms with van der Waals surface area (Å²) in [7, 11) is 0. The number of benzene rings is 1. The van der Waals surface area contributed by atoms with Crippen molar-refractivity contribution in [2.24, 2.45) is 0 Å². The minimum atomic E-state index is 0.257. The smallest absolute Gasteiger partial charge is 0.231 e. The predicted octanol–water partition coefficient (Wildman–Crippen LogP) is 4.72. The lowest BCUT2D eigenvalue weighted by Crippen LogP contribution is -2.36. The fourth-order valence-electron chi connectivity index (χ4n) is 3.83. The molecule has 1 saturated heterocycles. The quantitative estimate of drug-likeness (QED) is 0.470. The van der Waals surface area contributed by atoms with Gasteiger partial charge in [0, 0.05) is 40.7 Å². The molecular formula is C22H20N4O3S2. The van der Waals surface area contributed by atoms with Crippen molar-refractivity contribution < 1.29 is 14.2 Å². The number of fused-ring (bicyclic) bond motifs is 2. The van der Waals surface area contributed by atoms with E-state index in [0.717, 1.165) is 70.9 Å². The van der Waals surface area contributed by atoms with E-state index >= 15 is 0 Å². The first-order chi connectivity index (χ1) is 15.3. The van der Waals surface area contributed by atoms with E-state index in [1.165, 1.54) is 4.88 Å². The Bertz CT molecular complexity index is 1220. The molecule has 0 aliphatic carbocycles. The van der Waals surface area contributed by atoms with Gasteiger partial charge in [-0.3, -0.25) is 4.90 Å². The van der Waals surface area contributed by atoms with Gasteiger partial charge in [-0.05, 0) is 23.6 Å². The summed E-state index contributed by atoms with van der Waals surface area (Å²) in [4.78, 5) is 14.4. The van der Waals surface area contributed by atoms with Crippen LogP contribution in [0.4, 0.5) is 11.5 Å². The van der Waals surface area contributed by atoms with E-state index in [4.69, 9.17) is 24.2 Å². The summed E-state index contributed by atoms with van der Waals surface area (Å²) in [5.41, 5.74) is 2.07. The second-order valence-electron chi connectivity index (χ2n) is 7.38. The zero-order chi connectivity index (χ0) is 20.6. The highest BCUT2D eigenvalue weighted by Gasteiger charge is 2.20. The average molecular weight is 453 g/mol. The van der Waals surface area contributed by atoms with Gasteiger partial charge in [0.05, 0.1) is 25.1 Å². The molecule has 1 N–H and O–H groups in total. The van der Waals surface area contributed by atoms with Crippen molar-refractivity contribution in [3.05, 3.63) is 46.9 Å². The molecule has 0 saturated carbocycles. The molecule has 0 atom stereocenters. The zero-order valence-electron chi connectivity index (χ0n) is 16.7. The van der Waals surface area contributed by atoms with E-state index in [0.29, 0.717) is 6.54 Å². The van der Waals surface area contributed by atoms with Crippen LogP contribution in [0.1, 0.15) is 5.82 Å². The van der Waals surface area contributed by atoms with Gasteiger partial charge in [0.2, 0.25) is 6.79 Å². The Kier molecular flexibility index (Phi) is 4.95. The topological polar surface area (TPSA) is 68.7 Å². The molecule has 31 heavy (non-hydrogen) atoms. The fraction of sp³-hybridized carbons (Fsp3) is 0.273. The fourth-order valence-corrected chi connectivity index (χ4v) is 5.61. The molecule has 2 aliphatic rings. The summed E-state index contributed by atoms with van der Waals surface area (Å²) in [6, 6.07) is 10.1. The Morgan fingerprint density at radius 1 is 1.03 bits per heavy atom. The van der Waals surface area contributed by atoms with Gasteiger partial charge in [-0.1, -0.05) is 6.07 Å². The third-order valence-corrected chi connectivity index (χ3v) is 7.15. The maximum atomic E-state index is 5.55. The van der Waals surface area contributed by atoms with Crippen molar-refractivity contribution in [3.8, 4) is 21.9 Å². The van der Waals surface area contributed by atoms with Crippen molar-refractivity contribution in [1.29, 1.82) is 0 Å². The van der Waals surface area contributed by atoms with Gasteiger partial charge in [-0.15, -0.1) is 22.7 Å². The zero-order valence-corrected chi connectivity index (χ0v) is 18.3. The maximum absolute atomic E-state index is 5.55. The highest BCUT2D eigenvalue weighted by atomic mass is 32.1. The minimum Gasteiger partial charge on any atom is -0.454 e. The Balaban J connectivity index is 1.41. The molecule has 0 bridgehead atoms. The van der Waals surface area contributed by atoms with Crippen LogP contribution in [-0.4, -0.2) is 48.0 Å². The SMILES string of the molecule is c1csc(-c2csc3nc(CN4CCOCC4)nc(Nc4ccc5c(c4)OCO5)c23)c1. The molecule has 0 unspecified atom stereocenters. The summed E-state index contributed by atoms with van der Waals surface area (Å²) < 4.78 is 16.5. The lowest BCUT2D eigenvalue weighted by molar-refractivity contribution is 0.0331. The molecule has 4 aromatic rings. The highest BCUT2D eigenvalue weighted by Crippen LogP contribution is 2.41. The number of aromatic nitrogens is 2. The van der Waals surface area contributed by atoms with E-state index in [9.17, 15) is 0 Å². The Morgan fingerprint density at radius 2 is 1.94 bits per heavy atom. The number of hydrogen-bond donors (Lipinski definition) is 1. The van der Waals surface area contributed by atoms with Crippen LogP contribution in [0.2, 0.25) is 0 Å². The molecule has 0 amide bonds. The lowest BCUT2D eigenvalue weighted by Gasteiger charge is -2.25. The second-order valence-corrected chi connectivity index (χ2v) is 9.18. The minimum absolute atomic E-state index is 0.257. The first-order valence-corrected chi connectivity index (χ1v) is 11.9. The average Bonchev–Trinajstić information content (AvgIpc) is 3.54. The molecule has 6 rings (SSSR count). The number of morpholine rings is 1. The number of rotatable bonds is 5. The summed E-state index contributed by atoms with van der Waals surface area (Å²) in [6.45, 7) is 4.28. The van der Waals surface area contributed by atoms with Crippen molar-refractivity contribution in [3.63, 3.8) is 0 Å². The first-order valence-electron chi connectivity index (χ1n) is 10.1. The van der Waals surface area contributed by atoms with Gasteiger partial charge in [-0.25, -0.2) is 9.97 Å². The summed E-state index contributed by atoms with van der Waals surface area (Å²) >= 11 is 3.38. The molecule has 3 aromatic heterocycles. The normalized spacial score (nSPS) is 16.1. The van der Waals surface area contributed by atoms with Gasteiger partial charge < -0.3 is 19.5 Å².